The Bertz CT molecular complexity index is 716. The summed E-state index contributed by atoms with van der Waals surface area (Å²) in [6.45, 7) is 2.14. The maximum atomic E-state index is 5.63. The van der Waals surface area contributed by atoms with Crippen LogP contribution in [0.25, 0.3) is 22.1 Å². The molecule has 0 radical (unpaired) electrons. The maximum absolute atomic E-state index is 5.63. The summed E-state index contributed by atoms with van der Waals surface area (Å²) in [5, 5.41) is 5.67. The fourth-order valence-corrected chi connectivity index (χ4v) is 2.42. The minimum absolute atomic E-state index is 0.665. The van der Waals surface area contributed by atoms with Crippen LogP contribution in [0.15, 0.2) is 53.3 Å². The van der Waals surface area contributed by atoms with Gasteiger partial charge in [0.1, 0.15) is 5.69 Å². The van der Waals surface area contributed by atoms with Gasteiger partial charge in [-0.2, -0.15) is 0 Å². The van der Waals surface area contributed by atoms with Crippen LogP contribution in [-0.4, -0.2) is 25.2 Å². The van der Waals surface area contributed by atoms with Gasteiger partial charge in [0.25, 0.3) is 0 Å². The average Bonchev–Trinajstić information content (AvgIpc) is 2.99. The first kappa shape index (κ1) is 13.8. The first-order valence-corrected chi connectivity index (χ1v) is 7.00. The van der Waals surface area contributed by atoms with Crippen LogP contribution < -0.4 is 5.32 Å². The molecule has 0 unspecified atom stereocenters. The molecule has 0 aliphatic heterocycles. The molecule has 1 heterocycles. The van der Waals surface area contributed by atoms with Crippen molar-refractivity contribution >= 4 is 10.8 Å². The minimum atomic E-state index is 0.665. The van der Waals surface area contributed by atoms with Crippen molar-refractivity contribution in [1.82, 2.24) is 10.3 Å². The van der Waals surface area contributed by atoms with Crippen LogP contribution in [0, 0.1) is 0 Å². The van der Waals surface area contributed by atoms with Gasteiger partial charge in [-0.05, 0) is 10.8 Å². The van der Waals surface area contributed by atoms with Crippen LogP contribution in [0.2, 0.25) is 0 Å². The summed E-state index contributed by atoms with van der Waals surface area (Å²) in [5.74, 6) is 0.830. The summed E-state index contributed by atoms with van der Waals surface area (Å²) in [6, 6.07) is 14.5. The van der Waals surface area contributed by atoms with E-state index in [4.69, 9.17) is 9.15 Å². The lowest BCUT2D eigenvalue weighted by Crippen LogP contribution is -2.19. The van der Waals surface area contributed by atoms with E-state index >= 15 is 0 Å². The summed E-state index contributed by atoms with van der Waals surface area (Å²) in [6.07, 6.45) is 1.50. The second-order valence-electron chi connectivity index (χ2n) is 4.82. The van der Waals surface area contributed by atoms with Crippen molar-refractivity contribution in [1.29, 1.82) is 0 Å². The van der Waals surface area contributed by atoms with Crippen molar-refractivity contribution in [3.8, 4) is 11.3 Å². The number of rotatable bonds is 6. The number of hydrogen-bond donors (Lipinski definition) is 1. The molecule has 0 fully saturated rings. The van der Waals surface area contributed by atoms with Crippen molar-refractivity contribution in [3.05, 3.63) is 54.6 Å². The molecule has 108 valence electrons. The molecule has 3 aromatic rings. The zero-order valence-electron chi connectivity index (χ0n) is 12.0. The number of oxazole rings is 1. The molecule has 0 saturated carbocycles. The molecule has 4 nitrogen and oxygen atoms in total. The quantitative estimate of drug-likeness (QED) is 0.705. The van der Waals surface area contributed by atoms with Gasteiger partial charge in [-0.1, -0.05) is 42.5 Å². The van der Waals surface area contributed by atoms with Crippen molar-refractivity contribution in [2.24, 2.45) is 0 Å². The van der Waals surface area contributed by atoms with Crippen LogP contribution in [0.4, 0.5) is 0 Å². The lowest BCUT2D eigenvalue weighted by atomic mass is 10.0. The van der Waals surface area contributed by atoms with E-state index in [1.54, 1.807) is 7.11 Å². The lowest BCUT2D eigenvalue weighted by Gasteiger charge is -2.06. The first-order chi connectivity index (χ1) is 10.4. The molecule has 2 aromatic carbocycles. The summed E-state index contributed by atoms with van der Waals surface area (Å²) >= 11 is 0. The van der Waals surface area contributed by atoms with E-state index in [9.17, 15) is 0 Å². The normalized spacial score (nSPS) is 11.1. The molecule has 21 heavy (non-hydrogen) atoms. The van der Waals surface area contributed by atoms with Crippen LogP contribution in [0.3, 0.4) is 0 Å². The number of methoxy groups -OCH3 is 1. The van der Waals surface area contributed by atoms with Crippen LogP contribution in [0.1, 0.15) is 5.69 Å². The summed E-state index contributed by atoms with van der Waals surface area (Å²) < 4.78 is 10.7. The average molecular weight is 282 g/mol. The van der Waals surface area contributed by atoms with Gasteiger partial charge in [-0.3, -0.25) is 0 Å². The number of aromatic nitrogens is 1. The van der Waals surface area contributed by atoms with Gasteiger partial charge in [0.2, 0.25) is 0 Å². The predicted molar refractivity (Wildman–Crippen MR) is 83.0 cm³/mol. The molecule has 0 saturated heterocycles. The van der Waals surface area contributed by atoms with Gasteiger partial charge >= 0.3 is 0 Å². The SMILES string of the molecule is COCCNCc1ncoc1-c1cccc2ccccc12. The highest BCUT2D eigenvalue weighted by Crippen LogP contribution is 2.30. The van der Waals surface area contributed by atoms with Crippen LogP contribution in [-0.2, 0) is 11.3 Å². The second kappa shape index (κ2) is 6.52. The molecule has 3 rings (SSSR count). The Morgan fingerprint density at radius 2 is 2.00 bits per heavy atom. The van der Waals surface area contributed by atoms with E-state index in [1.165, 1.54) is 17.2 Å². The zero-order chi connectivity index (χ0) is 14.5. The number of ether oxygens (including phenoxy) is 1. The monoisotopic (exact) mass is 282 g/mol. The Hall–Kier alpha value is -2.17. The fraction of sp³-hybridized carbons (Fsp3) is 0.235. The summed E-state index contributed by atoms with van der Waals surface area (Å²) in [5.41, 5.74) is 2.00. The van der Waals surface area contributed by atoms with Gasteiger partial charge in [-0.15, -0.1) is 0 Å². The molecule has 4 heteroatoms. The van der Waals surface area contributed by atoms with Crippen molar-refractivity contribution < 1.29 is 9.15 Å². The third kappa shape index (κ3) is 2.96. The molecule has 0 atom stereocenters. The van der Waals surface area contributed by atoms with Crippen LogP contribution in [0.5, 0.6) is 0 Å². The Labute approximate surface area is 123 Å². The largest absolute Gasteiger partial charge is 0.443 e. The Morgan fingerprint density at radius 1 is 1.14 bits per heavy atom. The standard InChI is InChI=1S/C17H18N2O2/c1-20-10-9-18-11-16-17(21-12-19-16)15-8-4-6-13-5-2-3-7-14(13)15/h2-8,12,18H,9-11H2,1H3. The van der Waals surface area contributed by atoms with Crippen molar-refractivity contribution in [2.45, 2.75) is 6.54 Å². The molecule has 0 spiro atoms. The van der Waals surface area contributed by atoms with E-state index in [0.717, 1.165) is 23.6 Å². The number of nitrogens with one attached hydrogen (secondary N) is 1. The van der Waals surface area contributed by atoms with E-state index in [0.29, 0.717) is 13.2 Å². The summed E-state index contributed by atoms with van der Waals surface area (Å²) in [7, 11) is 1.69. The lowest BCUT2D eigenvalue weighted by molar-refractivity contribution is 0.199. The molecule has 0 amide bonds. The van der Waals surface area contributed by atoms with E-state index in [-0.39, 0.29) is 0 Å². The maximum Gasteiger partial charge on any atom is 0.181 e. The number of fused-ring (bicyclic) bond motifs is 1. The van der Waals surface area contributed by atoms with Crippen molar-refractivity contribution in [2.75, 3.05) is 20.3 Å². The third-order valence-electron chi connectivity index (χ3n) is 3.45. The minimum Gasteiger partial charge on any atom is -0.443 e. The Balaban J connectivity index is 1.91. The predicted octanol–water partition coefficient (Wildman–Crippen LogP) is 3.23. The van der Waals surface area contributed by atoms with E-state index < -0.39 is 0 Å². The number of benzene rings is 2. The number of hydrogen-bond acceptors (Lipinski definition) is 4. The Morgan fingerprint density at radius 3 is 2.90 bits per heavy atom. The molecule has 1 aromatic heterocycles. The molecule has 0 bridgehead atoms. The topological polar surface area (TPSA) is 47.3 Å². The molecule has 1 N–H and O–H groups in total. The molecule has 0 aliphatic carbocycles. The van der Waals surface area contributed by atoms with E-state index in [1.807, 2.05) is 18.2 Å². The van der Waals surface area contributed by atoms with E-state index in [2.05, 4.69) is 34.6 Å². The van der Waals surface area contributed by atoms with Gasteiger partial charge in [0, 0.05) is 25.8 Å². The highest BCUT2D eigenvalue weighted by Gasteiger charge is 2.12. The molecular weight excluding hydrogens is 264 g/mol. The number of nitrogens with zero attached hydrogens (tertiary/aromatic N) is 1. The second-order valence-corrected chi connectivity index (χ2v) is 4.82. The van der Waals surface area contributed by atoms with Crippen molar-refractivity contribution in [3.63, 3.8) is 0 Å². The van der Waals surface area contributed by atoms with Gasteiger partial charge in [0.05, 0.1) is 6.61 Å². The fourth-order valence-electron chi connectivity index (χ4n) is 2.42. The molecule has 0 aliphatic rings. The molecular formula is C17H18N2O2. The van der Waals surface area contributed by atoms with Gasteiger partial charge < -0.3 is 14.5 Å². The highest BCUT2D eigenvalue weighted by atomic mass is 16.5. The Kier molecular flexibility index (Phi) is 4.28. The first-order valence-electron chi connectivity index (χ1n) is 7.00. The highest BCUT2D eigenvalue weighted by molar-refractivity contribution is 5.95. The van der Waals surface area contributed by atoms with Crippen LogP contribution >= 0.6 is 0 Å². The van der Waals surface area contributed by atoms with Gasteiger partial charge in [0.15, 0.2) is 12.2 Å². The third-order valence-corrected chi connectivity index (χ3v) is 3.45. The summed E-state index contributed by atoms with van der Waals surface area (Å²) in [4.78, 5) is 4.33. The smallest absolute Gasteiger partial charge is 0.181 e. The van der Waals surface area contributed by atoms with Gasteiger partial charge in [-0.25, -0.2) is 4.98 Å². The zero-order valence-corrected chi connectivity index (χ0v) is 12.0.